The van der Waals surface area contributed by atoms with Gasteiger partial charge in [-0.15, -0.1) is 0 Å². The maximum absolute atomic E-state index is 5.81. The van der Waals surface area contributed by atoms with Gasteiger partial charge in [-0.25, -0.2) is 0 Å². The van der Waals surface area contributed by atoms with Gasteiger partial charge < -0.3 is 11.1 Å². The summed E-state index contributed by atoms with van der Waals surface area (Å²) in [5, 5.41) is 3.49. The van der Waals surface area contributed by atoms with Crippen molar-refractivity contribution >= 4 is 21.6 Å². The van der Waals surface area contributed by atoms with Gasteiger partial charge in [0.05, 0.1) is 0 Å². The quantitative estimate of drug-likeness (QED) is 0.882. The SMILES string of the molecule is CC(C)C(C)(CN)Nc1ccc(Br)cc1. The highest BCUT2D eigenvalue weighted by Crippen LogP contribution is 2.23. The van der Waals surface area contributed by atoms with Crippen LogP contribution in [-0.2, 0) is 0 Å². The topological polar surface area (TPSA) is 38.0 Å². The summed E-state index contributed by atoms with van der Waals surface area (Å²) in [6.07, 6.45) is 0. The number of hydrogen-bond acceptors (Lipinski definition) is 2. The van der Waals surface area contributed by atoms with Crippen molar-refractivity contribution in [2.45, 2.75) is 26.3 Å². The maximum atomic E-state index is 5.81. The molecule has 0 bridgehead atoms. The van der Waals surface area contributed by atoms with Crippen LogP contribution in [-0.4, -0.2) is 12.1 Å². The molecule has 0 heterocycles. The monoisotopic (exact) mass is 270 g/mol. The highest BCUT2D eigenvalue weighted by molar-refractivity contribution is 9.10. The van der Waals surface area contributed by atoms with Crippen LogP contribution in [0, 0.1) is 5.92 Å². The van der Waals surface area contributed by atoms with Crippen LogP contribution in [0.4, 0.5) is 5.69 Å². The van der Waals surface area contributed by atoms with E-state index < -0.39 is 0 Å². The Labute approximate surface area is 100 Å². The van der Waals surface area contributed by atoms with E-state index in [0.717, 1.165) is 10.2 Å². The Morgan fingerprint density at radius 1 is 1.33 bits per heavy atom. The standard InChI is InChI=1S/C12H19BrN2/c1-9(2)12(3,8-14)15-11-6-4-10(13)5-7-11/h4-7,9,15H,8,14H2,1-3H3. The Morgan fingerprint density at radius 2 is 1.87 bits per heavy atom. The van der Waals surface area contributed by atoms with Gasteiger partial charge in [-0.05, 0) is 37.1 Å². The number of nitrogens with one attached hydrogen (secondary N) is 1. The van der Waals surface area contributed by atoms with E-state index in [-0.39, 0.29) is 5.54 Å². The van der Waals surface area contributed by atoms with Gasteiger partial charge in [0.1, 0.15) is 0 Å². The summed E-state index contributed by atoms with van der Waals surface area (Å²) in [6, 6.07) is 8.17. The van der Waals surface area contributed by atoms with Crippen molar-refractivity contribution in [1.82, 2.24) is 0 Å². The summed E-state index contributed by atoms with van der Waals surface area (Å²) < 4.78 is 1.09. The largest absolute Gasteiger partial charge is 0.378 e. The summed E-state index contributed by atoms with van der Waals surface area (Å²) in [7, 11) is 0. The number of rotatable bonds is 4. The highest BCUT2D eigenvalue weighted by atomic mass is 79.9. The first-order valence-corrected chi connectivity index (χ1v) is 6.01. The highest BCUT2D eigenvalue weighted by Gasteiger charge is 2.26. The van der Waals surface area contributed by atoms with Crippen LogP contribution in [0.3, 0.4) is 0 Å². The molecule has 0 aliphatic rings. The molecule has 0 radical (unpaired) electrons. The second kappa shape index (κ2) is 4.99. The fraction of sp³-hybridized carbons (Fsp3) is 0.500. The van der Waals surface area contributed by atoms with Crippen LogP contribution in [0.2, 0.25) is 0 Å². The summed E-state index contributed by atoms with van der Waals surface area (Å²) in [4.78, 5) is 0. The number of nitrogens with two attached hydrogens (primary N) is 1. The van der Waals surface area contributed by atoms with Gasteiger partial charge in [0.25, 0.3) is 0 Å². The molecule has 3 heteroatoms. The molecule has 0 saturated heterocycles. The lowest BCUT2D eigenvalue weighted by atomic mass is 9.88. The normalized spacial score (nSPS) is 15.1. The van der Waals surface area contributed by atoms with Gasteiger partial charge >= 0.3 is 0 Å². The summed E-state index contributed by atoms with van der Waals surface area (Å²) >= 11 is 3.42. The van der Waals surface area contributed by atoms with Crippen molar-refractivity contribution in [2.75, 3.05) is 11.9 Å². The third kappa shape index (κ3) is 3.21. The van der Waals surface area contributed by atoms with Crippen molar-refractivity contribution in [3.63, 3.8) is 0 Å². The predicted molar refractivity (Wildman–Crippen MR) is 70.1 cm³/mol. The molecule has 1 rings (SSSR count). The molecule has 0 aromatic heterocycles. The second-order valence-electron chi connectivity index (χ2n) is 4.41. The molecular formula is C12H19BrN2. The van der Waals surface area contributed by atoms with Gasteiger partial charge in [-0.3, -0.25) is 0 Å². The Bertz CT molecular complexity index is 308. The van der Waals surface area contributed by atoms with Crippen LogP contribution in [0.1, 0.15) is 20.8 Å². The van der Waals surface area contributed by atoms with Gasteiger partial charge in [0, 0.05) is 22.2 Å². The molecule has 0 aliphatic heterocycles. The third-order valence-electron chi connectivity index (χ3n) is 2.97. The van der Waals surface area contributed by atoms with Crippen molar-refractivity contribution in [1.29, 1.82) is 0 Å². The second-order valence-corrected chi connectivity index (χ2v) is 5.32. The van der Waals surface area contributed by atoms with Crippen LogP contribution < -0.4 is 11.1 Å². The molecule has 0 saturated carbocycles. The minimum absolute atomic E-state index is 0.0478. The Balaban J connectivity index is 2.79. The summed E-state index contributed by atoms with van der Waals surface area (Å²) in [5.74, 6) is 0.492. The molecule has 0 aliphatic carbocycles. The van der Waals surface area contributed by atoms with Crippen molar-refractivity contribution in [3.05, 3.63) is 28.7 Å². The van der Waals surface area contributed by atoms with Crippen LogP contribution >= 0.6 is 15.9 Å². The van der Waals surface area contributed by atoms with E-state index in [1.165, 1.54) is 0 Å². The smallest absolute Gasteiger partial charge is 0.0490 e. The van der Waals surface area contributed by atoms with Crippen LogP contribution in [0.5, 0.6) is 0 Å². The average Bonchev–Trinajstić information content (AvgIpc) is 2.21. The Kier molecular flexibility index (Phi) is 4.17. The van der Waals surface area contributed by atoms with E-state index in [4.69, 9.17) is 5.73 Å². The van der Waals surface area contributed by atoms with Gasteiger partial charge in [-0.2, -0.15) is 0 Å². The molecule has 0 amide bonds. The number of benzene rings is 1. The number of halogens is 1. The van der Waals surface area contributed by atoms with Gasteiger partial charge in [-0.1, -0.05) is 29.8 Å². The molecule has 1 atom stereocenters. The molecule has 0 spiro atoms. The van der Waals surface area contributed by atoms with Gasteiger partial charge in [0.2, 0.25) is 0 Å². The molecule has 2 nitrogen and oxygen atoms in total. The van der Waals surface area contributed by atoms with E-state index in [9.17, 15) is 0 Å². The minimum Gasteiger partial charge on any atom is -0.378 e. The zero-order valence-corrected chi connectivity index (χ0v) is 11.1. The van der Waals surface area contributed by atoms with Crippen molar-refractivity contribution in [2.24, 2.45) is 11.7 Å². The number of hydrogen-bond donors (Lipinski definition) is 2. The van der Waals surface area contributed by atoms with Crippen LogP contribution in [0.15, 0.2) is 28.7 Å². The van der Waals surface area contributed by atoms with E-state index in [1.807, 2.05) is 12.1 Å². The molecular weight excluding hydrogens is 252 g/mol. The van der Waals surface area contributed by atoms with Gasteiger partial charge in [0.15, 0.2) is 0 Å². The number of anilines is 1. The molecule has 1 unspecified atom stereocenters. The molecule has 84 valence electrons. The van der Waals surface area contributed by atoms with Crippen LogP contribution in [0.25, 0.3) is 0 Å². The zero-order chi connectivity index (χ0) is 11.5. The van der Waals surface area contributed by atoms with Crippen molar-refractivity contribution in [3.8, 4) is 0 Å². The van der Waals surface area contributed by atoms with E-state index in [1.54, 1.807) is 0 Å². The van der Waals surface area contributed by atoms with E-state index in [2.05, 4.69) is 54.2 Å². The predicted octanol–water partition coefficient (Wildman–Crippen LogP) is 3.23. The lowest BCUT2D eigenvalue weighted by Crippen LogP contribution is -2.47. The summed E-state index contributed by atoms with van der Waals surface area (Å²) in [6.45, 7) is 7.14. The lowest BCUT2D eigenvalue weighted by Gasteiger charge is -2.34. The lowest BCUT2D eigenvalue weighted by molar-refractivity contribution is 0.382. The van der Waals surface area contributed by atoms with Crippen molar-refractivity contribution < 1.29 is 0 Å². The van der Waals surface area contributed by atoms with E-state index in [0.29, 0.717) is 12.5 Å². The van der Waals surface area contributed by atoms with E-state index >= 15 is 0 Å². The first kappa shape index (κ1) is 12.5. The first-order valence-electron chi connectivity index (χ1n) is 5.22. The third-order valence-corrected chi connectivity index (χ3v) is 3.50. The fourth-order valence-corrected chi connectivity index (χ4v) is 1.56. The Hall–Kier alpha value is -0.540. The maximum Gasteiger partial charge on any atom is 0.0490 e. The zero-order valence-electron chi connectivity index (χ0n) is 9.55. The first-order chi connectivity index (χ1) is 6.98. The average molecular weight is 271 g/mol. The molecule has 15 heavy (non-hydrogen) atoms. The summed E-state index contributed by atoms with van der Waals surface area (Å²) in [5.41, 5.74) is 6.88. The minimum atomic E-state index is -0.0478. The molecule has 1 aromatic rings. The molecule has 0 fully saturated rings. The Morgan fingerprint density at radius 3 is 2.27 bits per heavy atom. The molecule has 3 N–H and O–H groups in total. The fourth-order valence-electron chi connectivity index (χ4n) is 1.29. The molecule has 1 aromatic carbocycles.